The van der Waals surface area contributed by atoms with Gasteiger partial charge in [-0.05, 0) is 69.6 Å². The van der Waals surface area contributed by atoms with Crippen LogP contribution in [0.4, 0.5) is 0 Å². The van der Waals surface area contributed by atoms with Crippen molar-refractivity contribution in [1.82, 2.24) is 9.88 Å². The van der Waals surface area contributed by atoms with Gasteiger partial charge in [0, 0.05) is 11.6 Å². The predicted molar refractivity (Wildman–Crippen MR) is 121 cm³/mol. The van der Waals surface area contributed by atoms with Gasteiger partial charge in [0.15, 0.2) is 5.58 Å². The number of nitrogens with zero attached hydrogens (tertiary/aromatic N) is 2. The Labute approximate surface area is 174 Å². The zero-order chi connectivity index (χ0) is 20.3. The van der Waals surface area contributed by atoms with Crippen LogP contribution in [0.5, 0.6) is 5.75 Å². The number of fused-ring (bicyclic) bond motifs is 1. The predicted octanol–water partition coefficient (Wildman–Crippen LogP) is 6.28. The van der Waals surface area contributed by atoms with Gasteiger partial charge < -0.3 is 14.1 Å². The first kappa shape index (κ1) is 21.1. The first-order valence-corrected chi connectivity index (χ1v) is 10.8. The number of aromatic nitrogens is 1. The number of ether oxygens (including phenoxy) is 1. The van der Waals surface area contributed by atoms with E-state index in [9.17, 15) is 0 Å². The summed E-state index contributed by atoms with van der Waals surface area (Å²) in [6, 6.07) is 15.9. The van der Waals surface area contributed by atoms with Crippen LogP contribution in [0, 0.1) is 0 Å². The number of hydrogen-bond donors (Lipinski definition) is 0. The number of oxazole rings is 1. The smallest absolute Gasteiger partial charge is 0.220 e. The molecule has 0 aliphatic carbocycles. The molecule has 154 valence electrons. The summed E-state index contributed by atoms with van der Waals surface area (Å²) in [6.45, 7) is 8.77. The standard InChI is InChI=1S/C25H32N2O2/c1-3-17-27(18-4-2)19-9-10-20-28-23-13-7-5-11-21(23)15-16-25-26-22-12-6-8-14-24(22)29-25/h5-8,11-16H,3-4,9-10,17-20H2,1-2H3/b16-15+. The molecule has 2 aromatic carbocycles. The molecule has 3 rings (SSSR count). The lowest BCUT2D eigenvalue weighted by molar-refractivity contribution is 0.250. The Bertz CT molecular complexity index is 861. The Morgan fingerprint density at radius 3 is 2.45 bits per heavy atom. The van der Waals surface area contributed by atoms with Crippen LogP contribution in [-0.4, -0.2) is 36.1 Å². The third-order valence-corrected chi connectivity index (χ3v) is 4.84. The normalized spacial score (nSPS) is 11.7. The van der Waals surface area contributed by atoms with Gasteiger partial charge in [0.2, 0.25) is 5.89 Å². The molecule has 0 aliphatic heterocycles. The quantitative estimate of drug-likeness (QED) is 0.340. The van der Waals surface area contributed by atoms with Gasteiger partial charge in [-0.3, -0.25) is 0 Å². The highest BCUT2D eigenvalue weighted by molar-refractivity contribution is 5.76. The molecule has 0 saturated heterocycles. The van der Waals surface area contributed by atoms with E-state index in [0.717, 1.165) is 42.0 Å². The minimum absolute atomic E-state index is 0.605. The molecule has 0 atom stereocenters. The summed E-state index contributed by atoms with van der Waals surface area (Å²) in [5.41, 5.74) is 2.71. The maximum atomic E-state index is 6.07. The van der Waals surface area contributed by atoms with Crippen molar-refractivity contribution in [3.63, 3.8) is 0 Å². The Kier molecular flexibility index (Phi) is 8.32. The maximum absolute atomic E-state index is 6.07. The van der Waals surface area contributed by atoms with Gasteiger partial charge in [0.05, 0.1) is 6.61 Å². The van der Waals surface area contributed by atoms with E-state index in [1.54, 1.807) is 0 Å². The van der Waals surface area contributed by atoms with Gasteiger partial charge in [-0.25, -0.2) is 4.98 Å². The van der Waals surface area contributed by atoms with Crippen LogP contribution >= 0.6 is 0 Å². The average Bonchev–Trinajstić information content (AvgIpc) is 3.16. The molecule has 29 heavy (non-hydrogen) atoms. The highest BCUT2D eigenvalue weighted by Gasteiger charge is 2.05. The highest BCUT2D eigenvalue weighted by atomic mass is 16.5. The van der Waals surface area contributed by atoms with Gasteiger partial charge >= 0.3 is 0 Å². The van der Waals surface area contributed by atoms with Gasteiger partial charge in [-0.1, -0.05) is 44.2 Å². The second-order valence-corrected chi connectivity index (χ2v) is 7.29. The van der Waals surface area contributed by atoms with Crippen LogP contribution in [0.3, 0.4) is 0 Å². The topological polar surface area (TPSA) is 38.5 Å². The van der Waals surface area contributed by atoms with E-state index >= 15 is 0 Å². The van der Waals surface area contributed by atoms with Gasteiger partial charge in [0.25, 0.3) is 0 Å². The zero-order valence-corrected chi connectivity index (χ0v) is 17.6. The van der Waals surface area contributed by atoms with Crippen molar-refractivity contribution in [2.75, 3.05) is 26.2 Å². The number of benzene rings is 2. The van der Waals surface area contributed by atoms with Crippen LogP contribution < -0.4 is 4.74 Å². The number of rotatable bonds is 12. The number of para-hydroxylation sites is 3. The number of hydrogen-bond acceptors (Lipinski definition) is 4. The third kappa shape index (κ3) is 6.47. The molecular weight excluding hydrogens is 360 g/mol. The van der Waals surface area contributed by atoms with Crippen LogP contribution in [0.15, 0.2) is 52.9 Å². The van der Waals surface area contributed by atoms with E-state index < -0.39 is 0 Å². The fourth-order valence-corrected chi connectivity index (χ4v) is 3.46. The largest absolute Gasteiger partial charge is 0.493 e. The molecule has 0 saturated carbocycles. The van der Waals surface area contributed by atoms with Crippen LogP contribution in [0.25, 0.3) is 23.3 Å². The van der Waals surface area contributed by atoms with Crippen LogP contribution in [0.1, 0.15) is 51.0 Å². The molecule has 4 nitrogen and oxygen atoms in total. The molecule has 0 unspecified atom stereocenters. The van der Waals surface area contributed by atoms with E-state index in [1.165, 1.54) is 32.4 Å². The summed E-state index contributed by atoms with van der Waals surface area (Å²) in [6.07, 6.45) is 8.57. The Balaban J connectivity index is 1.52. The molecule has 0 bridgehead atoms. The minimum Gasteiger partial charge on any atom is -0.493 e. The van der Waals surface area contributed by atoms with E-state index in [0.29, 0.717) is 5.89 Å². The van der Waals surface area contributed by atoms with Gasteiger partial charge in [-0.2, -0.15) is 0 Å². The third-order valence-electron chi connectivity index (χ3n) is 4.84. The van der Waals surface area contributed by atoms with Crippen LogP contribution in [-0.2, 0) is 0 Å². The van der Waals surface area contributed by atoms with Crippen molar-refractivity contribution < 1.29 is 9.15 Å². The summed E-state index contributed by atoms with van der Waals surface area (Å²) in [7, 11) is 0. The summed E-state index contributed by atoms with van der Waals surface area (Å²) < 4.78 is 11.8. The molecular formula is C25H32N2O2. The van der Waals surface area contributed by atoms with E-state index in [4.69, 9.17) is 9.15 Å². The minimum atomic E-state index is 0.605. The van der Waals surface area contributed by atoms with E-state index in [2.05, 4.69) is 29.8 Å². The van der Waals surface area contributed by atoms with Crippen molar-refractivity contribution in [2.24, 2.45) is 0 Å². The average molecular weight is 393 g/mol. The van der Waals surface area contributed by atoms with E-state index in [1.807, 2.05) is 54.6 Å². The molecule has 0 N–H and O–H groups in total. The molecule has 4 heteroatoms. The summed E-state index contributed by atoms with van der Waals surface area (Å²) in [5.74, 6) is 1.51. The monoisotopic (exact) mass is 392 g/mol. The van der Waals surface area contributed by atoms with Crippen molar-refractivity contribution >= 4 is 23.3 Å². The lowest BCUT2D eigenvalue weighted by atomic mass is 10.2. The molecule has 0 aliphatic rings. The Hall–Kier alpha value is -2.59. The second kappa shape index (κ2) is 11.4. The zero-order valence-electron chi connectivity index (χ0n) is 17.6. The molecule has 0 fully saturated rings. The van der Waals surface area contributed by atoms with Crippen LogP contribution in [0.2, 0.25) is 0 Å². The van der Waals surface area contributed by atoms with Crippen molar-refractivity contribution in [1.29, 1.82) is 0 Å². The van der Waals surface area contributed by atoms with E-state index in [-0.39, 0.29) is 0 Å². The molecule has 1 heterocycles. The summed E-state index contributed by atoms with van der Waals surface area (Å²) in [5, 5.41) is 0. The SMILES string of the molecule is CCCN(CCC)CCCCOc1ccccc1/C=C/c1nc2ccccc2o1. The fourth-order valence-electron chi connectivity index (χ4n) is 3.46. The molecule has 3 aromatic rings. The molecule has 1 aromatic heterocycles. The lowest BCUT2D eigenvalue weighted by Crippen LogP contribution is -2.26. The fraction of sp³-hybridized carbons (Fsp3) is 0.400. The van der Waals surface area contributed by atoms with Crippen molar-refractivity contribution in [2.45, 2.75) is 39.5 Å². The second-order valence-electron chi connectivity index (χ2n) is 7.29. The first-order valence-electron chi connectivity index (χ1n) is 10.8. The molecule has 0 spiro atoms. The number of unbranched alkanes of at least 4 members (excludes halogenated alkanes) is 1. The first-order chi connectivity index (χ1) is 14.3. The van der Waals surface area contributed by atoms with Gasteiger partial charge in [0.1, 0.15) is 11.3 Å². The Morgan fingerprint density at radius 1 is 0.897 bits per heavy atom. The summed E-state index contributed by atoms with van der Waals surface area (Å²) in [4.78, 5) is 7.04. The lowest BCUT2D eigenvalue weighted by Gasteiger charge is -2.20. The molecule has 0 radical (unpaired) electrons. The van der Waals surface area contributed by atoms with Gasteiger partial charge in [-0.15, -0.1) is 0 Å². The maximum Gasteiger partial charge on any atom is 0.220 e. The Morgan fingerprint density at radius 2 is 1.66 bits per heavy atom. The van der Waals surface area contributed by atoms with Crippen molar-refractivity contribution in [3.05, 3.63) is 60.0 Å². The van der Waals surface area contributed by atoms with Crippen molar-refractivity contribution in [3.8, 4) is 5.75 Å². The highest BCUT2D eigenvalue weighted by Crippen LogP contribution is 2.22. The molecule has 0 amide bonds. The summed E-state index contributed by atoms with van der Waals surface area (Å²) >= 11 is 0.